The van der Waals surface area contributed by atoms with E-state index < -0.39 is 0 Å². The first-order chi connectivity index (χ1) is 5.68. The minimum absolute atomic E-state index is 0.202. The number of rotatable bonds is 0. The van der Waals surface area contributed by atoms with Crippen LogP contribution in [0.4, 0.5) is 0 Å². The number of hydrogen-bond donors (Lipinski definition) is 2. The summed E-state index contributed by atoms with van der Waals surface area (Å²) in [5.74, 6) is 0.202. The van der Waals surface area contributed by atoms with Crippen LogP contribution in [0.2, 0.25) is 0 Å². The average molecular weight is 292 g/mol. The molecule has 62 valence electrons. The molecule has 0 unspecified atom stereocenters. The SMILES string of the molecule is Oc1cc(Br)c2c(Br)[nH]nc2c1. The molecule has 0 spiro atoms. The minimum atomic E-state index is 0.202. The van der Waals surface area contributed by atoms with Crippen molar-refractivity contribution in [3.8, 4) is 5.75 Å². The van der Waals surface area contributed by atoms with Crippen LogP contribution in [0.25, 0.3) is 10.9 Å². The molecule has 0 amide bonds. The van der Waals surface area contributed by atoms with E-state index in [1.807, 2.05) is 0 Å². The number of nitrogens with one attached hydrogen (secondary N) is 1. The lowest BCUT2D eigenvalue weighted by molar-refractivity contribution is 0.475. The molecular weight excluding hydrogens is 288 g/mol. The predicted molar refractivity (Wildman–Crippen MR) is 53.2 cm³/mol. The maximum atomic E-state index is 9.22. The predicted octanol–water partition coefficient (Wildman–Crippen LogP) is 2.79. The van der Waals surface area contributed by atoms with Crippen molar-refractivity contribution in [3.63, 3.8) is 0 Å². The number of halogens is 2. The number of phenolic OH excluding ortho intramolecular Hbond substituents is 1. The summed E-state index contributed by atoms with van der Waals surface area (Å²) in [5.41, 5.74) is 0.730. The molecule has 1 aromatic heterocycles. The number of benzene rings is 1. The highest BCUT2D eigenvalue weighted by Gasteiger charge is 2.07. The Morgan fingerprint density at radius 3 is 2.83 bits per heavy atom. The Bertz CT molecular complexity index is 438. The highest BCUT2D eigenvalue weighted by atomic mass is 79.9. The van der Waals surface area contributed by atoms with Gasteiger partial charge in [-0.1, -0.05) is 0 Å². The summed E-state index contributed by atoms with van der Waals surface area (Å²) in [6.45, 7) is 0. The van der Waals surface area contributed by atoms with Crippen LogP contribution in [0.5, 0.6) is 5.75 Å². The lowest BCUT2D eigenvalue weighted by Gasteiger charge is -1.94. The topological polar surface area (TPSA) is 48.9 Å². The first kappa shape index (κ1) is 8.07. The largest absolute Gasteiger partial charge is 0.508 e. The average Bonchev–Trinajstić information content (AvgIpc) is 2.31. The normalized spacial score (nSPS) is 10.8. The van der Waals surface area contributed by atoms with Crippen LogP contribution in [0, 0.1) is 0 Å². The minimum Gasteiger partial charge on any atom is -0.508 e. The fourth-order valence-corrected chi connectivity index (χ4v) is 2.46. The zero-order valence-electron chi connectivity index (χ0n) is 5.81. The molecule has 1 aromatic carbocycles. The number of nitrogens with zero attached hydrogens (tertiary/aromatic N) is 1. The van der Waals surface area contributed by atoms with Crippen LogP contribution in [0.3, 0.4) is 0 Å². The third-order valence-corrected chi connectivity index (χ3v) is 2.75. The van der Waals surface area contributed by atoms with E-state index in [0.29, 0.717) is 0 Å². The fraction of sp³-hybridized carbons (Fsp3) is 0. The Balaban J connectivity index is 2.93. The van der Waals surface area contributed by atoms with E-state index >= 15 is 0 Å². The van der Waals surface area contributed by atoms with E-state index in [4.69, 9.17) is 0 Å². The fourth-order valence-electron chi connectivity index (χ4n) is 1.05. The first-order valence-corrected chi connectivity index (χ1v) is 4.79. The van der Waals surface area contributed by atoms with Crippen molar-refractivity contribution in [2.24, 2.45) is 0 Å². The van der Waals surface area contributed by atoms with Crippen LogP contribution in [-0.2, 0) is 0 Å². The monoisotopic (exact) mass is 290 g/mol. The van der Waals surface area contributed by atoms with E-state index in [-0.39, 0.29) is 5.75 Å². The molecule has 0 saturated carbocycles. The summed E-state index contributed by atoms with van der Waals surface area (Å²) >= 11 is 6.64. The molecule has 12 heavy (non-hydrogen) atoms. The van der Waals surface area contributed by atoms with Crippen molar-refractivity contribution in [1.29, 1.82) is 0 Å². The van der Waals surface area contributed by atoms with Crippen molar-refractivity contribution in [2.45, 2.75) is 0 Å². The van der Waals surface area contributed by atoms with E-state index in [1.165, 1.54) is 0 Å². The second-order valence-corrected chi connectivity index (χ2v) is 4.01. The van der Waals surface area contributed by atoms with Crippen LogP contribution in [0.1, 0.15) is 0 Å². The zero-order valence-corrected chi connectivity index (χ0v) is 8.98. The molecule has 0 saturated heterocycles. The Morgan fingerprint density at radius 2 is 2.08 bits per heavy atom. The highest BCUT2D eigenvalue weighted by molar-refractivity contribution is 9.11. The number of aromatic nitrogens is 2. The van der Waals surface area contributed by atoms with E-state index in [9.17, 15) is 5.11 Å². The van der Waals surface area contributed by atoms with Gasteiger partial charge in [0.15, 0.2) is 0 Å². The molecule has 0 radical (unpaired) electrons. The first-order valence-electron chi connectivity index (χ1n) is 3.20. The Hall–Kier alpha value is -0.550. The third kappa shape index (κ3) is 1.13. The summed E-state index contributed by atoms with van der Waals surface area (Å²) in [6, 6.07) is 3.23. The molecule has 0 bridgehead atoms. The van der Waals surface area contributed by atoms with Gasteiger partial charge in [0.1, 0.15) is 10.4 Å². The lowest BCUT2D eigenvalue weighted by Crippen LogP contribution is -1.71. The summed E-state index contributed by atoms with van der Waals surface area (Å²) < 4.78 is 1.63. The zero-order chi connectivity index (χ0) is 8.72. The van der Waals surface area contributed by atoms with Crippen molar-refractivity contribution in [1.82, 2.24) is 10.2 Å². The quantitative estimate of drug-likeness (QED) is 0.784. The molecule has 0 atom stereocenters. The van der Waals surface area contributed by atoms with E-state index in [0.717, 1.165) is 20.0 Å². The maximum absolute atomic E-state index is 9.22. The van der Waals surface area contributed by atoms with Crippen molar-refractivity contribution >= 4 is 42.8 Å². The van der Waals surface area contributed by atoms with Gasteiger partial charge >= 0.3 is 0 Å². The Morgan fingerprint density at radius 1 is 1.33 bits per heavy atom. The number of fused-ring (bicyclic) bond motifs is 1. The molecule has 3 nitrogen and oxygen atoms in total. The molecule has 2 rings (SSSR count). The van der Waals surface area contributed by atoms with Gasteiger partial charge < -0.3 is 5.11 Å². The van der Waals surface area contributed by atoms with Gasteiger partial charge in [0, 0.05) is 15.9 Å². The summed E-state index contributed by atoms with van der Waals surface area (Å²) in [7, 11) is 0. The lowest BCUT2D eigenvalue weighted by atomic mass is 10.2. The van der Waals surface area contributed by atoms with E-state index in [2.05, 4.69) is 42.1 Å². The molecule has 0 aliphatic heterocycles. The number of hydrogen-bond acceptors (Lipinski definition) is 2. The molecule has 2 N–H and O–H groups in total. The van der Waals surface area contributed by atoms with Gasteiger partial charge in [0.05, 0.1) is 5.52 Å². The third-order valence-electron chi connectivity index (χ3n) is 1.55. The maximum Gasteiger partial charge on any atom is 0.118 e. The second-order valence-electron chi connectivity index (χ2n) is 2.36. The molecule has 2 aromatic rings. The smallest absolute Gasteiger partial charge is 0.118 e. The van der Waals surface area contributed by atoms with Crippen LogP contribution >= 0.6 is 31.9 Å². The van der Waals surface area contributed by atoms with Gasteiger partial charge in [-0.3, -0.25) is 5.10 Å². The van der Waals surface area contributed by atoms with Crippen LogP contribution in [-0.4, -0.2) is 15.3 Å². The summed E-state index contributed by atoms with van der Waals surface area (Å²) in [5, 5.41) is 16.9. The van der Waals surface area contributed by atoms with Gasteiger partial charge in [0.25, 0.3) is 0 Å². The van der Waals surface area contributed by atoms with Crippen LogP contribution < -0.4 is 0 Å². The highest BCUT2D eigenvalue weighted by Crippen LogP contribution is 2.32. The second kappa shape index (κ2) is 2.74. The molecule has 0 aliphatic rings. The summed E-state index contributed by atoms with van der Waals surface area (Å²) in [6.07, 6.45) is 0. The van der Waals surface area contributed by atoms with Gasteiger partial charge in [-0.15, -0.1) is 0 Å². The number of aromatic hydroxyl groups is 1. The molecule has 5 heteroatoms. The van der Waals surface area contributed by atoms with Crippen LogP contribution in [0.15, 0.2) is 21.2 Å². The number of H-pyrrole nitrogens is 1. The molecular formula is C7H4Br2N2O. The summed E-state index contributed by atoms with van der Waals surface area (Å²) in [4.78, 5) is 0. The molecule has 0 fully saturated rings. The van der Waals surface area contributed by atoms with Gasteiger partial charge in [-0.2, -0.15) is 5.10 Å². The Labute approximate surface area is 85.0 Å². The van der Waals surface area contributed by atoms with Gasteiger partial charge in [0.2, 0.25) is 0 Å². The van der Waals surface area contributed by atoms with Crippen molar-refractivity contribution in [2.75, 3.05) is 0 Å². The van der Waals surface area contributed by atoms with E-state index in [1.54, 1.807) is 12.1 Å². The van der Waals surface area contributed by atoms with Gasteiger partial charge in [-0.05, 0) is 37.9 Å². The van der Waals surface area contributed by atoms with Crippen molar-refractivity contribution < 1.29 is 5.11 Å². The standard InChI is InChI=1S/C7H4Br2N2O/c8-4-1-3(12)2-5-6(4)7(9)11-10-5/h1-2,12H,(H,10,11). The molecule has 1 heterocycles. The van der Waals surface area contributed by atoms with Crippen molar-refractivity contribution in [3.05, 3.63) is 21.2 Å². The molecule has 0 aliphatic carbocycles. The Kier molecular flexibility index (Phi) is 1.84. The number of phenols is 1. The van der Waals surface area contributed by atoms with Gasteiger partial charge in [-0.25, -0.2) is 0 Å². The number of aromatic amines is 1.